The van der Waals surface area contributed by atoms with Gasteiger partial charge in [-0.2, -0.15) is 0 Å². The van der Waals surface area contributed by atoms with Crippen molar-refractivity contribution < 1.29 is 0 Å². The Morgan fingerprint density at radius 2 is 1.76 bits per heavy atom. The van der Waals surface area contributed by atoms with Crippen LogP contribution in [0.1, 0.15) is 78.6 Å². The van der Waals surface area contributed by atoms with Crippen molar-refractivity contribution >= 4 is 0 Å². The summed E-state index contributed by atoms with van der Waals surface area (Å²) < 4.78 is 0. The molecule has 21 heavy (non-hydrogen) atoms. The van der Waals surface area contributed by atoms with Gasteiger partial charge in [0.25, 0.3) is 0 Å². The Hall–Kier alpha value is -0.0800. The van der Waals surface area contributed by atoms with Crippen molar-refractivity contribution in [1.29, 1.82) is 0 Å². The zero-order valence-corrected chi connectivity index (χ0v) is 14.8. The fourth-order valence-electron chi connectivity index (χ4n) is 4.16. The van der Waals surface area contributed by atoms with Gasteiger partial charge in [0, 0.05) is 12.6 Å². The summed E-state index contributed by atoms with van der Waals surface area (Å²) in [6.07, 6.45) is 12.6. The summed E-state index contributed by atoms with van der Waals surface area (Å²) >= 11 is 0. The lowest BCUT2D eigenvalue weighted by Crippen LogP contribution is -2.46. The zero-order chi connectivity index (χ0) is 15.1. The fourth-order valence-corrected chi connectivity index (χ4v) is 4.16. The highest BCUT2D eigenvalue weighted by Gasteiger charge is 2.31. The number of nitrogens with one attached hydrogen (secondary N) is 1. The molecule has 1 aliphatic heterocycles. The molecule has 0 bridgehead atoms. The maximum atomic E-state index is 3.85. The molecule has 2 nitrogen and oxygen atoms in total. The van der Waals surface area contributed by atoms with E-state index in [1.54, 1.807) is 0 Å². The molecule has 0 amide bonds. The van der Waals surface area contributed by atoms with Crippen molar-refractivity contribution in [2.75, 3.05) is 26.2 Å². The normalized spacial score (nSPS) is 31.0. The Kier molecular flexibility index (Phi) is 7.01. The molecule has 1 aliphatic carbocycles. The maximum absolute atomic E-state index is 3.85. The Balaban J connectivity index is 1.84. The number of hydrogen-bond donors (Lipinski definition) is 1. The third-order valence-electron chi connectivity index (χ3n) is 6.23. The minimum absolute atomic E-state index is 0.625. The zero-order valence-electron chi connectivity index (χ0n) is 14.8. The first kappa shape index (κ1) is 17.3. The predicted molar refractivity (Wildman–Crippen MR) is 92.7 cm³/mol. The van der Waals surface area contributed by atoms with E-state index in [9.17, 15) is 0 Å². The van der Waals surface area contributed by atoms with E-state index in [2.05, 4.69) is 31.0 Å². The number of rotatable bonds is 6. The van der Waals surface area contributed by atoms with Gasteiger partial charge in [-0.15, -0.1) is 0 Å². The van der Waals surface area contributed by atoms with Gasteiger partial charge in [-0.1, -0.05) is 46.5 Å². The summed E-state index contributed by atoms with van der Waals surface area (Å²) in [5.41, 5.74) is 0.625. The van der Waals surface area contributed by atoms with Crippen molar-refractivity contribution in [1.82, 2.24) is 10.2 Å². The SMILES string of the molecule is CCCNC1CCCCCC1CN1CCC(C)(CC)CC1. The third kappa shape index (κ3) is 5.25. The summed E-state index contributed by atoms with van der Waals surface area (Å²) in [5.74, 6) is 0.894. The first-order valence-electron chi connectivity index (χ1n) is 9.62. The van der Waals surface area contributed by atoms with Crippen LogP contribution in [0.4, 0.5) is 0 Å². The summed E-state index contributed by atoms with van der Waals surface area (Å²) in [4.78, 5) is 2.77. The quantitative estimate of drug-likeness (QED) is 0.728. The van der Waals surface area contributed by atoms with E-state index in [0.717, 1.165) is 12.0 Å². The van der Waals surface area contributed by atoms with Crippen LogP contribution in [-0.4, -0.2) is 37.1 Å². The van der Waals surface area contributed by atoms with Crippen molar-refractivity contribution in [3.8, 4) is 0 Å². The van der Waals surface area contributed by atoms with Gasteiger partial charge in [0.05, 0.1) is 0 Å². The van der Waals surface area contributed by atoms with Crippen LogP contribution < -0.4 is 5.32 Å². The summed E-state index contributed by atoms with van der Waals surface area (Å²) in [7, 11) is 0. The molecule has 0 aromatic heterocycles. The van der Waals surface area contributed by atoms with Crippen molar-refractivity contribution in [2.24, 2.45) is 11.3 Å². The second-order valence-corrected chi connectivity index (χ2v) is 7.92. The van der Waals surface area contributed by atoms with Gasteiger partial charge in [-0.25, -0.2) is 0 Å². The number of hydrogen-bond acceptors (Lipinski definition) is 2. The van der Waals surface area contributed by atoms with Crippen LogP contribution in [0.3, 0.4) is 0 Å². The Morgan fingerprint density at radius 1 is 1.05 bits per heavy atom. The molecule has 2 heteroatoms. The standard InChI is InChI=1S/C19H38N2/c1-4-13-20-18-10-8-6-7-9-17(18)16-21-14-11-19(3,5-2)12-15-21/h17-18,20H,4-16H2,1-3H3. The molecule has 0 radical (unpaired) electrons. The van der Waals surface area contributed by atoms with E-state index < -0.39 is 0 Å². The monoisotopic (exact) mass is 294 g/mol. The number of piperidine rings is 1. The van der Waals surface area contributed by atoms with E-state index in [4.69, 9.17) is 0 Å². The molecular formula is C19H38N2. The van der Waals surface area contributed by atoms with Crippen molar-refractivity contribution in [3.05, 3.63) is 0 Å². The molecule has 1 N–H and O–H groups in total. The van der Waals surface area contributed by atoms with Crippen LogP contribution in [0.5, 0.6) is 0 Å². The topological polar surface area (TPSA) is 15.3 Å². The highest BCUT2D eigenvalue weighted by molar-refractivity contribution is 4.86. The molecule has 1 saturated carbocycles. The lowest BCUT2D eigenvalue weighted by atomic mass is 9.78. The molecular weight excluding hydrogens is 256 g/mol. The first-order chi connectivity index (χ1) is 10.2. The second kappa shape index (κ2) is 8.53. The van der Waals surface area contributed by atoms with Gasteiger partial charge in [0.2, 0.25) is 0 Å². The molecule has 124 valence electrons. The van der Waals surface area contributed by atoms with Gasteiger partial charge >= 0.3 is 0 Å². The third-order valence-corrected chi connectivity index (χ3v) is 6.23. The maximum Gasteiger partial charge on any atom is 0.0107 e. The molecule has 2 unspecified atom stereocenters. The summed E-state index contributed by atoms with van der Waals surface area (Å²) in [6, 6.07) is 0.784. The van der Waals surface area contributed by atoms with Gasteiger partial charge in [-0.05, 0) is 63.1 Å². The van der Waals surface area contributed by atoms with E-state index in [1.165, 1.54) is 84.0 Å². The van der Waals surface area contributed by atoms with Crippen molar-refractivity contribution in [2.45, 2.75) is 84.6 Å². The van der Waals surface area contributed by atoms with Crippen LogP contribution in [0, 0.1) is 11.3 Å². The predicted octanol–water partition coefficient (Wildman–Crippen LogP) is 4.45. The lowest BCUT2D eigenvalue weighted by molar-refractivity contribution is 0.0926. The van der Waals surface area contributed by atoms with Gasteiger partial charge in [0.15, 0.2) is 0 Å². The van der Waals surface area contributed by atoms with Crippen LogP contribution in [-0.2, 0) is 0 Å². The molecule has 0 aromatic rings. The Morgan fingerprint density at radius 3 is 2.43 bits per heavy atom. The lowest BCUT2D eigenvalue weighted by Gasteiger charge is -2.41. The molecule has 0 spiro atoms. The van der Waals surface area contributed by atoms with E-state index in [0.29, 0.717) is 5.41 Å². The molecule has 0 aromatic carbocycles. The average molecular weight is 295 g/mol. The number of nitrogens with zero attached hydrogens (tertiary/aromatic N) is 1. The molecule has 1 heterocycles. The highest BCUT2D eigenvalue weighted by Crippen LogP contribution is 2.35. The van der Waals surface area contributed by atoms with E-state index in [-0.39, 0.29) is 0 Å². The Bertz CT molecular complexity index is 281. The average Bonchev–Trinajstić information content (AvgIpc) is 2.73. The molecule has 2 atom stereocenters. The van der Waals surface area contributed by atoms with Gasteiger partial charge < -0.3 is 10.2 Å². The van der Waals surface area contributed by atoms with Crippen molar-refractivity contribution in [3.63, 3.8) is 0 Å². The van der Waals surface area contributed by atoms with E-state index >= 15 is 0 Å². The minimum Gasteiger partial charge on any atom is -0.314 e. The summed E-state index contributed by atoms with van der Waals surface area (Å²) in [5, 5.41) is 3.85. The minimum atomic E-state index is 0.625. The van der Waals surface area contributed by atoms with E-state index in [1.807, 2.05) is 0 Å². The van der Waals surface area contributed by atoms with Crippen LogP contribution in [0.25, 0.3) is 0 Å². The summed E-state index contributed by atoms with van der Waals surface area (Å²) in [6.45, 7) is 12.4. The van der Waals surface area contributed by atoms with Gasteiger partial charge in [-0.3, -0.25) is 0 Å². The Labute approximate surface area is 133 Å². The largest absolute Gasteiger partial charge is 0.314 e. The molecule has 1 saturated heterocycles. The first-order valence-corrected chi connectivity index (χ1v) is 9.62. The smallest absolute Gasteiger partial charge is 0.0107 e. The van der Waals surface area contributed by atoms with Gasteiger partial charge in [0.1, 0.15) is 0 Å². The number of likely N-dealkylation sites (tertiary alicyclic amines) is 1. The molecule has 2 rings (SSSR count). The van der Waals surface area contributed by atoms with Crippen LogP contribution in [0.15, 0.2) is 0 Å². The second-order valence-electron chi connectivity index (χ2n) is 7.92. The van der Waals surface area contributed by atoms with Crippen LogP contribution >= 0.6 is 0 Å². The van der Waals surface area contributed by atoms with Crippen LogP contribution in [0.2, 0.25) is 0 Å². The fraction of sp³-hybridized carbons (Fsp3) is 1.00. The highest BCUT2D eigenvalue weighted by atomic mass is 15.1. The molecule has 2 aliphatic rings. The molecule has 2 fully saturated rings.